The summed E-state index contributed by atoms with van der Waals surface area (Å²) in [5, 5.41) is 0.383. The van der Waals surface area contributed by atoms with Gasteiger partial charge in [0.15, 0.2) is 16.7 Å². The molecule has 1 aliphatic rings. The van der Waals surface area contributed by atoms with E-state index in [1.165, 1.54) is 0 Å². The largest absolute Gasteiger partial charge is 0.487 e. The van der Waals surface area contributed by atoms with Gasteiger partial charge in [-0.15, -0.1) is 0 Å². The van der Waals surface area contributed by atoms with E-state index in [1.54, 1.807) is 0 Å². The first-order chi connectivity index (χ1) is 8.97. The number of hydrogen-bond donors (Lipinski definition) is 0. The summed E-state index contributed by atoms with van der Waals surface area (Å²) in [6.07, 6.45) is 0. The molecule has 0 atom stereocenters. The van der Waals surface area contributed by atoms with Crippen molar-refractivity contribution in [2.75, 3.05) is 6.61 Å². The molecule has 0 unspecified atom stereocenters. The maximum absolute atomic E-state index is 6.20. The van der Waals surface area contributed by atoms with Gasteiger partial charge >= 0.3 is 0 Å². The molecule has 0 saturated carbocycles. The summed E-state index contributed by atoms with van der Waals surface area (Å²) in [4.78, 5) is 8.96. The van der Waals surface area contributed by atoms with Crippen LogP contribution in [0.2, 0.25) is 5.15 Å². The molecule has 1 aromatic heterocycles. The van der Waals surface area contributed by atoms with Gasteiger partial charge < -0.3 is 4.74 Å². The average molecular weight is 340 g/mol. The number of ether oxygens (including phenoxy) is 1. The van der Waals surface area contributed by atoms with Gasteiger partial charge in [0.1, 0.15) is 0 Å². The molecule has 3 nitrogen and oxygen atoms in total. The monoisotopic (exact) mass is 338 g/mol. The maximum atomic E-state index is 6.20. The number of aromatic nitrogens is 2. The molecule has 1 aliphatic heterocycles. The van der Waals surface area contributed by atoms with Crippen LogP contribution in [0, 0.1) is 0 Å². The predicted molar refractivity (Wildman–Crippen MR) is 78.7 cm³/mol. The van der Waals surface area contributed by atoms with E-state index in [-0.39, 0.29) is 5.41 Å². The lowest BCUT2D eigenvalue weighted by Crippen LogP contribution is -2.19. The minimum atomic E-state index is -0.133. The summed E-state index contributed by atoms with van der Waals surface area (Å²) >= 11 is 9.61. The van der Waals surface area contributed by atoms with Crippen LogP contribution in [-0.4, -0.2) is 16.6 Å². The Morgan fingerprint density at radius 1 is 1.21 bits per heavy atom. The third-order valence-corrected chi connectivity index (χ3v) is 3.93. The molecule has 3 rings (SSSR count). The highest BCUT2D eigenvalue weighted by molar-refractivity contribution is 9.10. The van der Waals surface area contributed by atoms with Crippen molar-refractivity contribution in [3.05, 3.63) is 39.6 Å². The Hall–Kier alpha value is -1.13. The SMILES string of the molecule is CC1(C)COc2c(Cl)nc(-c3ccc(Br)cc3)nc21. The topological polar surface area (TPSA) is 35.0 Å². The zero-order valence-electron chi connectivity index (χ0n) is 10.6. The van der Waals surface area contributed by atoms with Gasteiger partial charge in [-0.1, -0.05) is 53.5 Å². The van der Waals surface area contributed by atoms with Gasteiger partial charge in [-0.2, -0.15) is 0 Å². The Bertz CT molecular complexity index is 641. The Kier molecular flexibility index (Phi) is 3.02. The molecule has 0 N–H and O–H groups in total. The molecule has 0 saturated heterocycles. The van der Waals surface area contributed by atoms with Crippen molar-refractivity contribution in [1.29, 1.82) is 0 Å². The van der Waals surface area contributed by atoms with E-state index in [2.05, 4.69) is 39.7 Å². The molecule has 0 spiro atoms. The van der Waals surface area contributed by atoms with Crippen LogP contribution in [0.4, 0.5) is 0 Å². The molecular weight excluding hydrogens is 328 g/mol. The summed E-state index contributed by atoms with van der Waals surface area (Å²) in [5.41, 5.74) is 1.69. The van der Waals surface area contributed by atoms with E-state index < -0.39 is 0 Å². The Morgan fingerprint density at radius 2 is 1.89 bits per heavy atom. The number of hydrogen-bond acceptors (Lipinski definition) is 3. The van der Waals surface area contributed by atoms with Gasteiger partial charge in [0.2, 0.25) is 0 Å². The van der Waals surface area contributed by atoms with Gasteiger partial charge in [-0.3, -0.25) is 0 Å². The molecular formula is C14H12BrClN2O. The molecule has 0 bridgehead atoms. The number of benzene rings is 1. The van der Waals surface area contributed by atoms with Gasteiger partial charge in [-0.05, 0) is 12.1 Å². The Morgan fingerprint density at radius 3 is 2.58 bits per heavy atom. The van der Waals surface area contributed by atoms with Crippen LogP contribution in [0.1, 0.15) is 19.5 Å². The number of halogens is 2. The fraction of sp³-hybridized carbons (Fsp3) is 0.286. The third-order valence-electron chi connectivity index (χ3n) is 3.15. The van der Waals surface area contributed by atoms with Gasteiger partial charge in [0.25, 0.3) is 0 Å². The Balaban J connectivity index is 2.15. The standard InChI is InChI=1S/C14H12BrClN2O/c1-14(2)7-19-10-11(14)17-13(18-12(10)16)8-3-5-9(15)6-4-8/h3-6H,7H2,1-2H3. The second-order valence-electron chi connectivity index (χ2n) is 5.20. The molecule has 98 valence electrons. The number of rotatable bonds is 1. The van der Waals surface area contributed by atoms with Crippen LogP contribution < -0.4 is 4.74 Å². The van der Waals surface area contributed by atoms with Crippen molar-refractivity contribution in [3.63, 3.8) is 0 Å². The van der Waals surface area contributed by atoms with Gasteiger partial charge in [0, 0.05) is 15.5 Å². The lowest BCUT2D eigenvalue weighted by atomic mass is 9.92. The van der Waals surface area contributed by atoms with Gasteiger partial charge in [-0.25, -0.2) is 9.97 Å². The van der Waals surface area contributed by atoms with Gasteiger partial charge in [0.05, 0.1) is 12.3 Å². The second-order valence-corrected chi connectivity index (χ2v) is 6.47. The lowest BCUT2D eigenvalue weighted by molar-refractivity contribution is 0.290. The highest BCUT2D eigenvalue weighted by Gasteiger charge is 2.36. The van der Waals surface area contributed by atoms with Crippen LogP contribution >= 0.6 is 27.5 Å². The minimum absolute atomic E-state index is 0.133. The second kappa shape index (κ2) is 4.46. The first kappa shape index (κ1) is 12.9. The molecule has 19 heavy (non-hydrogen) atoms. The minimum Gasteiger partial charge on any atom is -0.487 e. The van der Waals surface area contributed by atoms with E-state index in [1.807, 2.05) is 24.3 Å². The summed E-state index contributed by atoms with van der Waals surface area (Å²) in [7, 11) is 0. The number of nitrogens with zero attached hydrogens (tertiary/aromatic N) is 2. The first-order valence-corrected chi connectivity index (χ1v) is 7.11. The number of fused-ring (bicyclic) bond motifs is 1. The van der Waals surface area contributed by atoms with Crippen LogP contribution in [0.3, 0.4) is 0 Å². The molecule has 0 amide bonds. The van der Waals surface area contributed by atoms with E-state index in [9.17, 15) is 0 Å². The molecule has 5 heteroatoms. The zero-order valence-corrected chi connectivity index (χ0v) is 12.9. The van der Waals surface area contributed by atoms with Crippen molar-refractivity contribution in [2.45, 2.75) is 19.3 Å². The third kappa shape index (κ3) is 2.23. The lowest BCUT2D eigenvalue weighted by Gasteiger charge is -2.14. The molecule has 2 heterocycles. The van der Waals surface area contributed by atoms with Crippen LogP contribution in [0.25, 0.3) is 11.4 Å². The molecule has 1 aromatic carbocycles. The smallest absolute Gasteiger partial charge is 0.178 e. The van der Waals surface area contributed by atoms with E-state index in [0.29, 0.717) is 23.3 Å². The fourth-order valence-electron chi connectivity index (χ4n) is 2.06. The summed E-state index contributed by atoms with van der Waals surface area (Å²) in [5.74, 6) is 1.25. The van der Waals surface area contributed by atoms with Crippen LogP contribution in [0.5, 0.6) is 5.75 Å². The highest BCUT2D eigenvalue weighted by atomic mass is 79.9. The van der Waals surface area contributed by atoms with Crippen LogP contribution in [0.15, 0.2) is 28.7 Å². The molecule has 2 aromatic rings. The van der Waals surface area contributed by atoms with E-state index in [4.69, 9.17) is 16.3 Å². The van der Waals surface area contributed by atoms with Crippen LogP contribution in [-0.2, 0) is 5.41 Å². The fourth-order valence-corrected chi connectivity index (χ4v) is 2.55. The van der Waals surface area contributed by atoms with Crippen molar-refractivity contribution < 1.29 is 4.74 Å². The van der Waals surface area contributed by atoms with E-state index >= 15 is 0 Å². The van der Waals surface area contributed by atoms with Crippen molar-refractivity contribution in [2.24, 2.45) is 0 Å². The summed E-state index contributed by atoms with van der Waals surface area (Å²) < 4.78 is 6.61. The summed E-state index contributed by atoms with van der Waals surface area (Å²) in [6, 6.07) is 7.85. The highest BCUT2D eigenvalue weighted by Crippen LogP contribution is 2.41. The normalized spacial score (nSPS) is 16.0. The van der Waals surface area contributed by atoms with Crippen molar-refractivity contribution in [1.82, 2.24) is 9.97 Å². The van der Waals surface area contributed by atoms with Crippen molar-refractivity contribution >= 4 is 27.5 Å². The molecule has 0 radical (unpaired) electrons. The van der Waals surface area contributed by atoms with E-state index in [0.717, 1.165) is 15.7 Å². The Labute approximate surface area is 125 Å². The first-order valence-electron chi connectivity index (χ1n) is 5.94. The summed E-state index contributed by atoms with van der Waals surface area (Å²) in [6.45, 7) is 4.77. The molecule has 0 aliphatic carbocycles. The zero-order chi connectivity index (χ0) is 13.6. The molecule has 0 fully saturated rings. The quantitative estimate of drug-likeness (QED) is 0.729. The predicted octanol–water partition coefficient (Wildman–Crippen LogP) is 4.23. The average Bonchev–Trinajstić information content (AvgIpc) is 2.67. The maximum Gasteiger partial charge on any atom is 0.178 e. The van der Waals surface area contributed by atoms with Crippen molar-refractivity contribution in [3.8, 4) is 17.1 Å².